The Kier molecular flexibility index (Phi) is 3.73. The average molecular weight is 243 g/mol. The number of nitrogens with one attached hydrogen (secondary N) is 1. The molecule has 0 radical (unpaired) electrons. The van der Waals surface area contributed by atoms with E-state index in [4.69, 9.17) is 0 Å². The van der Waals surface area contributed by atoms with Crippen LogP contribution in [0, 0.1) is 0 Å². The number of thiophene rings is 1. The molecule has 1 aromatic heterocycles. The Morgan fingerprint density at radius 2 is 2.00 bits per heavy atom. The predicted octanol–water partition coefficient (Wildman–Crippen LogP) is 3.22. The van der Waals surface area contributed by atoms with Gasteiger partial charge in [-0.2, -0.15) is 0 Å². The minimum absolute atomic E-state index is 0.139. The van der Waals surface area contributed by atoms with Crippen LogP contribution >= 0.6 is 11.3 Å². The zero-order valence-corrected chi connectivity index (χ0v) is 10.2. The van der Waals surface area contributed by atoms with E-state index >= 15 is 0 Å². The summed E-state index contributed by atoms with van der Waals surface area (Å²) in [5, 5.41) is 2.77. The van der Waals surface area contributed by atoms with Crippen molar-refractivity contribution in [2.45, 2.75) is 6.54 Å². The molecule has 1 heterocycles. The lowest BCUT2D eigenvalue weighted by atomic mass is 10.2. The Labute approximate surface area is 105 Å². The van der Waals surface area contributed by atoms with Gasteiger partial charge in [-0.1, -0.05) is 36.9 Å². The first-order valence-electron chi connectivity index (χ1n) is 5.34. The molecule has 0 aliphatic rings. The summed E-state index contributed by atoms with van der Waals surface area (Å²) in [6, 6.07) is 14.3. The van der Waals surface area contributed by atoms with E-state index in [0.29, 0.717) is 6.54 Å². The van der Waals surface area contributed by atoms with Crippen LogP contribution in [0.4, 0.5) is 0 Å². The Hall–Kier alpha value is -1.87. The topological polar surface area (TPSA) is 29.1 Å². The van der Waals surface area contributed by atoms with Crippen molar-refractivity contribution >= 4 is 17.2 Å². The van der Waals surface area contributed by atoms with E-state index in [0.717, 1.165) is 4.88 Å². The van der Waals surface area contributed by atoms with Crippen LogP contribution in [0.1, 0.15) is 4.88 Å². The Bertz CT molecular complexity index is 516. The molecule has 1 amide bonds. The molecule has 17 heavy (non-hydrogen) atoms. The minimum atomic E-state index is -0.139. The summed E-state index contributed by atoms with van der Waals surface area (Å²) in [5.74, 6) is -0.139. The third-order valence-electron chi connectivity index (χ3n) is 2.34. The molecule has 1 N–H and O–H groups in total. The number of rotatable bonds is 4. The molecule has 0 saturated carbocycles. The molecule has 0 spiro atoms. The second-order valence-corrected chi connectivity index (χ2v) is 4.72. The second-order valence-electron chi connectivity index (χ2n) is 3.55. The summed E-state index contributed by atoms with van der Waals surface area (Å²) in [6.45, 7) is 3.97. The third-order valence-corrected chi connectivity index (χ3v) is 3.48. The molecule has 2 nitrogen and oxygen atoms in total. The second kappa shape index (κ2) is 5.46. The van der Waals surface area contributed by atoms with Crippen molar-refractivity contribution in [3.63, 3.8) is 0 Å². The van der Waals surface area contributed by atoms with Gasteiger partial charge in [-0.15, -0.1) is 11.3 Å². The SMILES string of the molecule is C=CC(=O)NCc1ccc(-c2ccccc2)s1. The van der Waals surface area contributed by atoms with Gasteiger partial charge in [-0.05, 0) is 23.8 Å². The monoisotopic (exact) mass is 243 g/mol. The van der Waals surface area contributed by atoms with E-state index in [2.05, 4.69) is 30.1 Å². The summed E-state index contributed by atoms with van der Waals surface area (Å²) in [4.78, 5) is 13.4. The predicted molar refractivity (Wildman–Crippen MR) is 71.8 cm³/mol. The van der Waals surface area contributed by atoms with Gasteiger partial charge in [0.1, 0.15) is 0 Å². The van der Waals surface area contributed by atoms with E-state index in [-0.39, 0.29) is 5.91 Å². The van der Waals surface area contributed by atoms with Gasteiger partial charge in [0.05, 0.1) is 6.54 Å². The molecule has 0 unspecified atom stereocenters. The van der Waals surface area contributed by atoms with Crippen molar-refractivity contribution in [3.8, 4) is 10.4 Å². The van der Waals surface area contributed by atoms with Gasteiger partial charge < -0.3 is 5.32 Å². The molecule has 86 valence electrons. The van der Waals surface area contributed by atoms with Crippen LogP contribution in [-0.4, -0.2) is 5.91 Å². The van der Waals surface area contributed by atoms with Gasteiger partial charge in [0, 0.05) is 9.75 Å². The van der Waals surface area contributed by atoms with Gasteiger partial charge in [-0.3, -0.25) is 4.79 Å². The maximum absolute atomic E-state index is 11.0. The smallest absolute Gasteiger partial charge is 0.243 e. The van der Waals surface area contributed by atoms with Gasteiger partial charge in [0.25, 0.3) is 0 Å². The molecule has 0 fully saturated rings. The molecule has 2 aromatic rings. The van der Waals surface area contributed by atoms with Crippen molar-refractivity contribution < 1.29 is 4.79 Å². The molecular weight excluding hydrogens is 230 g/mol. The molecule has 0 saturated heterocycles. The van der Waals surface area contributed by atoms with Gasteiger partial charge in [-0.25, -0.2) is 0 Å². The fraction of sp³-hybridized carbons (Fsp3) is 0.0714. The molecular formula is C14H13NOS. The summed E-state index contributed by atoms with van der Waals surface area (Å²) in [7, 11) is 0. The van der Waals surface area contributed by atoms with Crippen LogP contribution in [0.3, 0.4) is 0 Å². The highest BCUT2D eigenvalue weighted by atomic mass is 32.1. The Morgan fingerprint density at radius 3 is 2.71 bits per heavy atom. The maximum atomic E-state index is 11.0. The first-order chi connectivity index (χ1) is 8.29. The van der Waals surface area contributed by atoms with Crippen molar-refractivity contribution in [2.75, 3.05) is 0 Å². The van der Waals surface area contributed by atoms with E-state index < -0.39 is 0 Å². The first-order valence-corrected chi connectivity index (χ1v) is 6.15. The van der Waals surface area contributed by atoms with E-state index in [1.54, 1.807) is 11.3 Å². The number of hydrogen-bond acceptors (Lipinski definition) is 2. The lowest BCUT2D eigenvalue weighted by Crippen LogP contribution is -2.19. The van der Waals surface area contributed by atoms with Crippen molar-refractivity contribution in [1.82, 2.24) is 5.32 Å². The number of amides is 1. The molecule has 0 aliphatic heterocycles. The summed E-state index contributed by atoms with van der Waals surface area (Å²) < 4.78 is 0. The van der Waals surface area contributed by atoms with Crippen LogP contribution in [0.5, 0.6) is 0 Å². The number of benzene rings is 1. The molecule has 0 atom stereocenters. The third kappa shape index (κ3) is 3.04. The highest BCUT2D eigenvalue weighted by molar-refractivity contribution is 7.15. The quantitative estimate of drug-likeness (QED) is 0.821. The van der Waals surface area contributed by atoms with E-state index in [9.17, 15) is 4.79 Å². The zero-order valence-electron chi connectivity index (χ0n) is 9.35. The molecule has 3 heteroatoms. The van der Waals surface area contributed by atoms with Crippen molar-refractivity contribution in [2.24, 2.45) is 0 Å². The van der Waals surface area contributed by atoms with Crippen LogP contribution in [0.25, 0.3) is 10.4 Å². The van der Waals surface area contributed by atoms with Gasteiger partial charge in [0.15, 0.2) is 0 Å². The van der Waals surface area contributed by atoms with Gasteiger partial charge in [0.2, 0.25) is 5.91 Å². The standard InChI is InChI=1S/C14H13NOS/c1-2-14(16)15-10-12-8-9-13(17-12)11-6-4-3-5-7-11/h2-9H,1,10H2,(H,15,16). The summed E-state index contributed by atoms with van der Waals surface area (Å²) in [5.41, 5.74) is 1.21. The summed E-state index contributed by atoms with van der Waals surface area (Å²) >= 11 is 1.69. The van der Waals surface area contributed by atoms with Crippen LogP contribution in [0.15, 0.2) is 55.1 Å². The highest BCUT2D eigenvalue weighted by Crippen LogP contribution is 2.27. The lowest BCUT2D eigenvalue weighted by Gasteiger charge is -1.98. The largest absolute Gasteiger partial charge is 0.348 e. The fourth-order valence-electron chi connectivity index (χ4n) is 1.48. The number of hydrogen-bond donors (Lipinski definition) is 1. The highest BCUT2D eigenvalue weighted by Gasteiger charge is 2.02. The Morgan fingerprint density at radius 1 is 1.24 bits per heavy atom. The van der Waals surface area contributed by atoms with Crippen LogP contribution in [0.2, 0.25) is 0 Å². The minimum Gasteiger partial charge on any atom is -0.348 e. The molecule has 2 rings (SSSR count). The zero-order chi connectivity index (χ0) is 12.1. The van der Waals surface area contributed by atoms with E-state index in [1.807, 2.05) is 24.3 Å². The van der Waals surface area contributed by atoms with Crippen molar-refractivity contribution in [1.29, 1.82) is 0 Å². The van der Waals surface area contributed by atoms with Crippen LogP contribution < -0.4 is 5.32 Å². The Balaban J connectivity index is 2.06. The molecule has 1 aromatic carbocycles. The first kappa shape index (κ1) is 11.6. The molecule has 0 aliphatic carbocycles. The van der Waals surface area contributed by atoms with Crippen molar-refractivity contribution in [3.05, 3.63) is 60.0 Å². The number of carbonyl (C=O) groups excluding carboxylic acids is 1. The fourth-order valence-corrected chi connectivity index (χ4v) is 2.43. The average Bonchev–Trinajstić information content (AvgIpc) is 2.86. The normalized spacial score (nSPS) is 9.88. The summed E-state index contributed by atoms with van der Waals surface area (Å²) in [6.07, 6.45) is 1.28. The molecule has 0 bridgehead atoms. The lowest BCUT2D eigenvalue weighted by molar-refractivity contribution is -0.116. The van der Waals surface area contributed by atoms with Crippen LogP contribution in [-0.2, 0) is 11.3 Å². The van der Waals surface area contributed by atoms with Gasteiger partial charge >= 0.3 is 0 Å². The maximum Gasteiger partial charge on any atom is 0.243 e. The number of carbonyl (C=O) groups is 1. The van der Waals surface area contributed by atoms with E-state index in [1.165, 1.54) is 16.5 Å².